The largest absolute Gasteiger partial charge is 0.452 e. The van der Waals surface area contributed by atoms with E-state index in [2.05, 4.69) is 0 Å². The number of carbonyl (C=O) groups excluding carboxylic acids is 3. The Morgan fingerprint density at radius 2 is 1.63 bits per heavy atom. The molecule has 1 saturated carbocycles. The highest BCUT2D eigenvalue weighted by Crippen LogP contribution is 2.32. The molecule has 3 rings (SSSR count). The van der Waals surface area contributed by atoms with Crippen molar-refractivity contribution in [2.24, 2.45) is 5.73 Å². The summed E-state index contributed by atoms with van der Waals surface area (Å²) in [6, 6.07) is 6.91. The summed E-state index contributed by atoms with van der Waals surface area (Å²) in [5.74, 6) is -0.820. The van der Waals surface area contributed by atoms with Crippen molar-refractivity contribution < 1.29 is 19.1 Å². The number of benzene rings is 1. The molecule has 0 spiro atoms. The van der Waals surface area contributed by atoms with Crippen molar-refractivity contribution in [2.45, 2.75) is 63.3 Å². The van der Waals surface area contributed by atoms with Gasteiger partial charge in [-0.3, -0.25) is 9.59 Å². The molecule has 2 fully saturated rings. The number of nitrogens with two attached hydrogens (primary N) is 1. The number of nitrogens with zero attached hydrogens (tertiary/aromatic N) is 1. The minimum Gasteiger partial charge on any atom is -0.452 e. The fourth-order valence-electron chi connectivity index (χ4n) is 4.15. The van der Waals surface area contributed by atoms with Crippen molar-refractivity contribution in [3.8, 4) is 0 Å². The smallest absolute Gasteiger partial charge is 0.338 e. The Labute approximate surface area is 160 Å². The molecule has 146 valence electrons. The number of rotatable bonds is 5. The third-order valence-corrected chi connectivity index (χ3v) is 5.70. The van der Waals surface area contributed by atoms with Gasteiger partial charge in [0.25, 0.3) is 5.91 Å². The predicted molar refractivity (Wildman–Crippen MR) is 101 cm³/mol. The Morgan fingerprint density at radius 3 is 2.30 bits per heavy atom. The molecule has 1 aliphatic carbocycles. The molecule has 6 heteroatoms. The highest BCUT2D eigenvalue weighted by molar-refractivity contribution is 5.92. The SMILES string of the molecule is NC(=O)[C@H]1CCCCN1C(=O)COC(=O)c1ccc(C2CCCCC2)cc1. The lowest BCUT2D eigenvalue weighted by Gasteiger charge is -2.33. The Balaban J connectivity index is 1.54. The van der Waals surface area contributed by atoms with Crippen molar-refractivity contribution in [1.29, 1.82) is 0 Å². The summed E-state index contributed by atoms with van der Waals surface area (Å²) in [6.07, 6.45) is 8.50. The number of piperidine rings is 1. The highest BCUT2D eigenvalue weighted by Gasteiger charge is 2.31. The number of esters is 1. The van der Waals surface area contributed by atoms with E-state index in [0.717, 1.165) is 12.8 Å². The molecule has 1 aromatic rings. The molecule has 1 heterocycles. The second-order valence-corrected chi connectivity index (χ2v) is 7.53. The van der Waals surface area contributed by atoms with Crippen LogP contribution >= 0.6 is 0 Å². The molecule has 2 aliphatic rings. The van der Waals surface area contributed by atoms with E-state index in [4.69, 9.17) is 10.5 Å². The molecule has 1 saturated heterocycles. The van der Waals surface area contributed by atoms with Crippen LogP contribution in [-0.2, 0) is 14.3 Å². The summed E-state index contributed by atoms with van der Waals surface area (Å²) in [5.41, 5.74) is 7.08. The standard InChI is InChI=1S/C21H28N2O4/c22-20(25)18-8-4-5-13-23(18)19(24)14-27-21(26)17-11-9-16(10-12-17)15-6-2-1-3-7-15/h9-12,15,18H,1-8,13-14H2,(H2,22,25)/t18-/m1/s1. The van der Waals surface area contributed by atoms with Crippen LogP contribution in [0.5, 0.6) is 0 Å². The molecule has 1 aromatic carbocycles. The summed E-state index contributed by atoms with van der Waals surface area (Å²) in [5, 5.41) is 0. The Morgan fingerprint density at radius 1 is 0.963 bits per heavy atom. The average Bonchev–Trinajstić information content (AvgIpc) is 2.72. The number of hydrogen-bond acceptors (Lipinski definition) is 4. The number of carbonyl (C=O) groups is 3. The number of likely N-dealkylation sites (tertiary alicyclic amines) is 1. The molecular weight excluding hydrogens is 344 g/mol. The minimum atomic E-state index is -0.597. The van der Waals surface area contributed by atoms with E-state index in [-0.39, 0.29) is 12.5 Å². The van der Waals surface area contributed by atoms with Gasteiger partial charge < -0.3 is 15.4 Å². The first kappa shape index (κ1) is 19.4. The van der Waals surface area contributed by atoms with Gasteiger partial charge in [-0.15, -0.1) is 0 Å². The molecule has 1 aliphatic heterocycles. The average molecular weight is 372 g/mol. The van der Waals surface area contributed by atoms with E-state index < -0.39 is 17.9 Å². The van der Waals surface area contributed by atoms with Crippen LogP contribution in [0.4, 0.5) is 0 Å². The van der Waals surface area contributed by atoms with E-state index in [1.54, 1.807) is 12.1 Å². The normalized spacial score (nSPS) is 20.9. The summed E-state index contributed by atoms with van der Waals surface area (Å²) in [6.45, 7) is 0.104. The molecule has 0 aromatic heterocycles. The van der Waals surface area contributed by atoms with Crippen molar-refractivity contribution in [1.82, 2.24) is 4.90 Å². The van der Waals surface area contributed by atoms with E-state index in [0.29, 0.717) is 24.4 Å². The second-order valence-electron chi connectivity index (χ2n) is 7.53. The number of hydrogen-bond donors (Lipinski definition) is 1. The Kier molecular flexibility index (Phi) is 6.48. The van der Waals surface area contributed by atoms with Gasteiger partial charge >= 0.3 is 5.97 Å². The highest BCUT2D eigenvalue weighted by atomic mass is 16.5. The van der Waals surface area contributed by atoms with Crippen molar-refractivity contribution in [3.63, 3.8) is 0 Å². The molecule has 0 bridgehead atoms. The van der Waals surface area contributed by atoms with Gasteiger partial charge in [-0.25, -0.2) is 4.79 Å². The summed E-state index contributed by atoms with van der Waals surface area (Å²) < 4.78 is 5.17. The maximum Gasteiger partial charge on any atom is 0.338 e. The van der Waals surface area contributed by atoms with Gasteiger partial charge in [0.2, 0.25) is 5.91 Å². The molecule has 27 heavy (non-hydrogen) atoms. The van der Waals surface area contributed by atoms with E-state index >= 15 is 0 Å². The third-order valence-electron chi connectivity index (χ3n) is 5.70. The van der Waals surface area contributed by atoms with Crippen molar-refractivity contribution in [3.05, 3.63) is 35.4 Å². The predicted octanol–water partition coefficient (Wildman–Crippen LogP) is 2.76. The second kappa shape index (κ2) is 9.02. The molecule has 2 N–H and O–H groups in total. The zero-order valence-corrected chi connectivity index (χ0v) is 15.7. The van der Waals surface area contributed by atoms with Crippen molar-refractivity contribution >= 4 is 17.8 Å². The van der Waals surface area contributed by atoms with Gasteiger partial charge in [0.1, 0.15) is 6.04 Å². The van der Waals surface area contributed by atoms with Gasteiger partial charge in [0.15, 0.2) is 6.61 Å². The van der Waals surface area contributed by atoms with E-state index in [1.165, 1.54) is 42.6 Å². The number of amides is 2. The van der Waals surface area contributed by atoms with Gasteiger partial charge in [0.05, 0.1) is 5.56 Å². The first-order chi connectivity index (χ1) is 13.1. The zero-order chi connectivity index (χ0) is 19.2. The molecule has 0 unspecified atom stereocenters. The van der Waals surface area contributed by atoms with Gasteiger partial charge in [0, 0.05) is 6.54 Å². The van der Waals surface area contributed by atoms with E-state index in [1.807, 2.05) is 12.1 Å². The zero-order valence-electron chi connectivity index (χ0n) is 15.7. The van der Waals surface area contributed by atoms with Crippen LogP contribution in [0.1, 0.15) is 73.2 Å². The number of ether oxygens (including phenoxy) is 1. The van der Waals surface area contributed by atoms with Crippen molar-refractivity contribution in [2.75, 3.05) is 13.2 Å². The maximum atomic E-state index is 12.4. The van der Waals surface area contributed by atoms with Gasteiger partial charge in [-0.05, 0) is 55.7 Å². The van der Waals surface area contributed by atoms with E-state index in [9.17, 15) is 14.4 Å². The summed E-state index contributed by atoms with van der Waals surface area (Å²) >= 11 is 0. The Bertz CT molecular complexity index is 680. The lowest BCUT2D eigenvalue weighted by atomic mass is 9.84. The molecule has 0 radical (unpaired) electrons. The first-order valence-electron chi connectivity index (χ1n) is 9.92. The lowest BCUT2D eigenvalue weighted by Crippen LogP contribution is -2.51. The lowest BCUT2D eigenvalue weighted by molar-refractivity contribution is -0.143. The number of primary amides is 1. The first-order valence-corrected chi connectivity index (χ1v) is 9.92. The quantitative estimate of drug-likeness (QED) is 0.805. The van der Waals surface area contributed by atoms with Crippen LogP contribution in [0.2, 0.25) is 0 Å². The monoisotopic (exact) mass is 372 g/mol. The van der Waals surface area contributed by atoms with Crippen LogP contribution in [0.3, 0.4) is 0 Å². The van der Waals surface area contributed by atoms with Crippen LogP contribution in [0.25, 0.3) is 0 Å². The minimum absolute atomic E-state index is 0.368. The molecule has 1 atom stereocenters. The summed E-state index contributed by atoms with van der Waals surface area (Å²) in [7, 11) is 0. The fourth-order valence-corrected chi connectivity index (χ4v) is 4.15. The van der Waals surface area contributed by atoms with Crippen LogP contribution in [-0.4, -0.2) is 41.9 Å². The maximum absolute atomic E-state index is 12.4. The topological polar surface area (TPSA) is 89.7 Å². The summed E-state index contributed by atoms with van der Waals surface area (Å²) in [4.78, 5) is 37.5. The fraction of sp³-hybridized carbons (Fsp3) is 0.571. The van der Waals surface area contributed by atoms with Crippen LogP contribution in [0, 0.1) is 0 Å². The van der Waals surface area contributed by atoms with Crippen LogP contribution < -0.4 is 5.73 Å². The molecule has 2 amide bonds. The van der Waals surface area contributed by atoms with Gasteiger partial charge in [-0.1, -0.05) is 31.4 Å². The third kappa shape index (κ3) is 4.87. The van der Waals surface area contributed by atoms with Gasteiger partial charge in [-0.2, -0.15) is 0 Å². The molecule has 6 nitrogen and oxygen atoms in total. The Hall–Kier alpha value is -2.37. The molecular formula is C21H28N2O4. The van der Waals surface area contributed by atoms with Crippen LogP contribution in [0.15, 0.2) is 24.3 Å².